The van der Waals surface area contributed by atoms with Crippen molar-refractivity contribution in [3.63, 3.8) is 0 Å². The van der Waals surface area contributed by atoms with E-state index in [9.17, 15) is 4.79 Å². The van der Waals surface area contributed by atoms with Crippen molar-refractivity contribution in [2.24, 2.45) is 0 Å². The number of benzene rings is 2. The van der Waals surface area contributed by atoms with E-state index in [1.807, 2.05) is 4.90 Å². The summed E-state index contributed by atoms with van der Waals surface area (Å²) >= 11 is 0. The average molecular weight is 411 g/mol. The Morgan fingerprint density at radius 1 is 0.967 bits per heavy atom. The van der Waals surface area contributed by atoms with Crippen LogP contribution in [0, 0.1) is 0 Å². The Morgan fingerprint density at radius 2 is 1.67 bits per heavy atom. The smallest absolute Gasteiger partial charge is 0.254 e. The Morgan fingerprint density at radius 3 is 2.33 bits per heavy atom. The Labute approximate surface area is 178 Å². The van der Waals surface area contributed by atoms with Gasteiger partial charge >= 0.3 is 0 Å². The SMILES string of the molecule is COc1cc(C(=O)N2CCC[C@@H](N3CCc4ccccc4C3)C2)cc(OC)c1OC. The fraction of sp³-hybridized carbons (Fsp3) is 0.458. The lowest BCUT2D eigenvalue weighted by Gasteiger charge is -2.41. The van der Waals surface area contributed by atoms with Gasteiger partial charge in [0.1, 0.15) is 0 Å². The summed E-state index contributed by atoms with van der Waals surface area (Å²) in [7, 11) is 4.70. The molecule has 0 spiro atoms. The summed E-state index contributed by atoms with van der Waals surface area (Å²) in [5.74, 6) is 1.51. The summed E-state index contributed by atoms with van der Waals surface area (Å²) in [5.41, 5.74) is 3.43. The van der Waals surface area contributed by atoms with Crippen LogP contribution >= 0.6 is 0 Å². The fourth-order valence-electron chi connectivity index (χ4n) is 4.65. The van der Waals surface area contributed by atoms with E-state index < -0.39 is 0 Å². The van der Waals surface area contributed by atoms with Gasteiger partial charge in [0.15, 0.2) is 11.5 Å². The second kappa shape index (κ2) is 8.96. The van der Waals surface area contributed by atoms with Crippen LogP contribution in [0.1, 0.15) is 34.3 Å². The van der Waals surface area contributed by atoms with Gasteiger partial charge in [0.2, 0.25) is 5.75 Å². The maximum Gasteiger partial charge on any atom is 0.254 e. The molecular weight excluding hydrogens is 380 g/mol. The Hall–Kier alpha value is -2.73. The van der Waals surface area contributed by atoms with Crippen LogP contribution in [0.2, 0.25) is 0 Å². The van der Waals surface area contributed by atoms with Crippen LogP contribution in [0.25, 0.3) is 0 Å². The number of likely N-dealkylation sites (tertiary alicyclic amines) is 1. The standard InChI is InChI=1S/C24H30N2O4/c1-28-21-13-19(14-22(29-2)23(21)30-3)24(27)26-11-6-9-20(16-26)25-12-10-17-7-4-5-8-18(17)15-25/h4-5,7-8,13-14,20H,6,9-12,15-16H2,1-3H3/t20-/m1/s1. The van der Waals surface area contributed by atoms with Gasteiger partial charge < -0.3 is 19.1 Å². The van der Waals surface area contributed by atoms with Gasteiger partial charge in [-0.1, -0.05) is 24.3 Å². The normalized spacial score (nSPS) is 19.2. The molecule has 30 heavy (non-hydrogen) atoms. The van der Waals surface area contributed by atoms with Crippen molar-refractivity contribution in [1.29, 1.82) is 0 Å². The van der Waals surface area contributed by atoms with Gasteiger partial charge in [-0.05, 0) is 42.5 Å². The summed E-state index contributed by atoms with van der Waals surface area (Å²) in [5, 5.41) is 0. The molecule has 0 bridgehead atoms. The molecule has 6 nitrogen and oxygen atoms in total. The van der Waals surface area contributed by atoms with Crippen LogP contribution in [0.15, 0.2) is 36.4 Å². The van der Waals surface area contributed by atoms with Gasteiger partial charge in [0.25, 0.3) is 5.91 Å². The van der Waals surface area contributed by atoms with Crippen LogP contribution in [0.3, 0.4) is 0 Å². The largest absolute Gasteiger partial charge is 0.493 e. The first-order valence-corrected chi connectivity index (χ1v) is 10.5. The number of fused-ring (bicyclic) bond motifs is 1. The molecule has 2 heterocycles. The minimum atomic E-state index is 0.0105. The zero-order valence-electron chi connectivity index (χ0n) is 18.0. The van der Waals surface area contributed by atoms with Crippen molar-refractivity contribution in [2.45, 2.75) is 31.8 Å². The zero-order chi connectivity index (χ0) is 21.1. The number of methoxy groups -OCH3 is 3. The molecular formula is C24H30N2O4. The lowest BCUT2D eigenvalue weighted by atomic mass is 9.95. The number of piperidine rings is 1. The lowest BCUT2D eigenvalue weighted by molar-refractivity contribution is 0.0548. The van der Waals surface area contributed by atoms with Gasteiger partial charge in [0, 0.05) is 37.8 Å². The van der Waals surface area contributed by atoms with Crippen LogP contribution < -0.4 is 14.2 Å². The first-order chi connectivity index (χ1) is 14.6. The summed E-state index contributed by atoms with van der Waals surface area (Å²) in [4.78, 5) is 17.8. The zero-order valence-corrected chi connectivity index (χ0v) is 18.0. The molecule has 1 fully saturated rings. The molecule has 6 heteroatoms. The van der Waals surface area contributed by atoms with E-state index in [2.05, 4.69) is 29.2 Å². The second-order valence-electron chi connectivity index (χ2n) is 7.95. The van der Waals surface area contributed by atoms with Crippen LogP contribution in [-0.4, -0.2) is 62.7 Å². The van der Waals surface area contributed by atoms with Crippen LogP contribution in [0.4, 0.5) is 0 Å². The van der Waals surface area contributed by atoms with Gasteiger partial charge in [-0.2, -0.15) is 0 Å². The first kappa shape index (κ1) is 20.5. The Balaban J connectivity index is 1.50. The molecule has 0 aliphatic carbocycles. The maximum atomic E-state index is 13.3. The molecule has 2 aliphatic heterocycles. The summed E-state index contributed by atoms with van der Waals surface area (Å²) in [6, 6.07) is 12.6. The monoisotopic (exact) mass is 410 g/mol. The van der Waals surface area contributed by atoms with E-state index in [-0.39, 0.29) is 5.91 Å². The van der Waals surface area contributed by atoms with Crippen molar-refractivity contribution in [3.8, 4) is 17.2 Å². The Bertz CT molecular complexity index is 889. The molecule has 2 aromatic rings. The summed E-state index contributed by atoms with van der Waals surface area (Å²) < 4.78 is 16.2. The summed E-state index contributed by atoms with van der Waals surface area (Å²) in [6.07, 6.45) is 3.22. The molecule has 1 saturated heterocycles. The molecule has 1 amide bonds. The van der Waals surface area contributed by atoms with Crippen molar-refractivity contribution < 1.29 is 19.0 Å². The minimum absolute atomic E-state index is 0.0105. The maximum absolute atomic E-state index is 13.3. The number of ether oxygens (including phenoxy) is 3. The number of hydrogen-bond acceptors (Lipinski definition) is 5. The second-order valence-corrected chi connectivity index (χ2v) is 7.95. The van der Waals surface area contributed by atoms with Crippen molar-refractivity contribution in [3.05, 3.63) is 53.1 Å². The third-order valence-electron chi connectivity index (χ3n) is 6.27. The van der Waals surface area contributed by atoms with Gasteiger partial charge in [-0.3, -0.25) is 9.69 Å². The number of nitrogens with zero attached hydrogens (tertiary/aromatic N) is 2. The van der Waals surface area contributed by atoms with E-state index in [4.69, 9.17) is 14.2 Å². The van der Waals surface area contributed by atoms with Crippen LogP contribution in [-0.2, 0) is 13.0 Å². The number of carbonyl (C=O) groups is 1. The predicted molar refractivity (Wildman–Crippen MR) is 116 cm³/mol. The van der Waals surface area contributed by atoms with Gasteiger partial charge in [-0.25, -0.2) is 0 Å². The topological polar surface area (TPSA) is 51.2 Å². The van der Waals surface area contributed by atoms with Crippen molar-refractivity contribution in [1.82, 2.24) is 9.80 Å². The number of amides is 1. The van der Waals surface area contributed by atoms with E-state index in [1.54, 1.807) is 33.5 Å². The highest BCUT2D eigenvalue weighted by Gasteiger charge is 2.31. The lowest BCUT2D eigenvalue weighted by Crippen LogP contribution is -2.51. The highest BCUT2D eigenvalue weighted by Crippen LogP contribution is 2.38. The number of hydrogen-bond donors (Lipinski definition) is 0. The predicted octanol–water partition coefficient (Wildman–Crippen LogP) is 3.38. The van der Waals surface area contributed by atoms with Gasteiger partial charge in [0.05, 0.1) is 21.3 Å². The first-order valence-electron chi connectivity index (χ1n) is 10.5. The minimum Gasteiger partial charge on any atom is -0.493 e. The quantitative estimate of drug-likeness (QED) is 0.757. The third-order valence-corrected chi connectivity index (χ3v) is 6.27. The molecule has 0 radical (unpaired) electrons. The third kappa shape index (κ3) is 3.97. The number of rotatable bonds is 5. The highest BCUT2D eigenvalue weighted by molar-refractivity contribution is 5.95. The Kier molecular flexibility index (Phi) is 6.13. The van der Waals surface area contributed by atoms with Crippen LogP contribution in [0.5, 0.6) is 17.2 Å². The average Bonchev–Trinajstić information content (AvgIpc) is 2.82. The highest BCUT2D eigenvalue weighted by atomic mass is 16.5. The molecule has 2 aliphatic rings. The van der Waals surface area contributed by atoms with E-state index >= 15 is 0 Å². The molecule has 1 atom stereocenters. The molecule has 160 valence electrons. The van der Waals surface area contributed by atoms with Crippen molar-refractivity contribution >= 4 is 5.91 Å². The molecule has 0 aromatic heterocycles. The number of carbonyl (C=O) groups excluding carboxylic acids is 1. The van der Waals surface area contributed by atoms with Crippen molar-refractivity contribution in [2.75, 3.05) is 41.0 Å². The molecule has 2 aromatic carbocycles. The molecule has 4 rings (SSSR count). The van der Waals surface area contributed by atoms with E-state index in [0.29, 0.717) is 28.9 Å². The van der Waals surface area contributed by atoms with E-state index in [0.717, 1.165) is 45.4 Å². The van der Waals surface area contributed by atoms with Gasteiger partial charge in [-0.15, -0.1) is 0 Å². The molecule has 0 N–H and O–H groups in total. The molecule has 0 unspecified atom stereocenters. The summed E-state index contributed by atoms with van der Waals surface area (Å²) in [6.45, 7) is 3.54. The molecule has 0 saturated carbocycles. The van der Waals surface area contributed by atoms with E-state index in [1.165, 1.54) is 11.1 Å². The fourth-order valence-corrected chi connectivity index (χ4v) is 4.65.